The van der Waals surface area contributed by atoms with Crippen LogP contribution in [0.15, 0.2) is 29.2 Å². The van der Waals surface area contributed by atoms with Gasteiger partial charge >= 0.3 is 0 Å². The van der Waals surface area contributed by atoms with E-state index >= 15 is 0 Å². The molecule has 1 rings (SSSR count). The minimum atomic E-state index is 0.362. The van der Waals surface area contributed by atoms with Gasteiger partial charge in [0.05, 0.1) is 0 Å². The molecule has 0 radical (unpaired) electrons. The van der Waals surface area contributed by atoms with Crippen LogP contribution in [0.1, 0.15) is 84.5 Å². The van der Waals surface area contributed by atoms with Crippen LogP contribution in [0.5, 0.6) is 5.75 Å². The van der Waals surface area contributed by atoms with Crippen LogP contribution in [0.4, 0.5) is 0 Å². The second-order valence-corrected chi connectivity index (χ2v) is 7.82. The van der Waals surface area contributed by atoms with E-state index in [1.54, 1.807) is 12.1 Å². The lowest BCUT2D eigenvalue weighted by Gasteiger charge is -2.16. The van der Waals surface area contributed by atoms with Crippen molar-refractivity contribution in [3.05, 3.63) is 24.3 Å². The molecular formula is C21H36OS. The van der Waals surface area contributed by atoms with Gasteiger partial charge < -0.3 is 5.11 Å². The second kappa shape index (κ2) is 13.8. The lowest BCUT2D eigenvalue weighted by atomic mass is 9.96. The summed E-state index contributed by atoms with van der Waals surface area (Å²) >= 11 is 1.96. The van der Waals surface area contributed by atoms with Crippen molar-refractivity contribution in [2.45, 2.75) is 89.4 Å². The SMILES string of the molecule is CCCCCCCC(CCCCCC)CSc1ccc(O)cc1. The summed E-state index contributed by atoms with van der Waals surface area (Å²) in [5.74, 6) is 2.44. The van der Waals surface area contributed by atoms with Gasteiger partial charge in [-0.15, -0.1) is 11.8 Å². The second-order valence-electron chi connectivity index (χ2n) is 6.72. The molecule has 0 bridgehead atoms. The Morgan fingerprint density at radius 1 is 0.783 bits per heavy atom. The largest absolute Gasteiger partial charge is 0.508 e. The van der Waals surface area contributed by atoms with E-state index in [4.69, 9.17) is 0 Å². The number of hydrogen-bond acceptors (Lipinski definition) is 2. The summed E-state index contributed by atoms with van der Waals surface area (Å²) in [6.07, 6.45) is 15.2. The van der Waals surface area contributed by atoms with E-state index in [0.717, 1.165) is 5.92 Å². The zero-order chi connectivity index (χ0) is 16.8. The van der Waals surface area contributed by atoms with Crippen LogP contribution in [0.25, 0.3) is 0 Å². The fourth-order valence-corrected chi connectivity index (χ4v) is 4.05. The first-order valence-corrected chi connectivity index (χ1v) is 10.7. The number of hydrogen-bond donors (Lipinski definition) is 1. The molecule has 0 aromatic heterocycles. The van der Waals surface area contributed by atoms with Crippen molar-refractivity contribution in [2.24, 2.45) is 5.92 Å². The third-order valence-electron chi connectivity index (χ3n) is 4.50. The summed E-state index contributed by atoms with van der Waals surface area (Å²) in [5.41, 5.74) is 0. The molecule has 132 valence electrons. The minimum Gasteiger partial charge on any atom is -0.508 e. The normalized spacial score (nSPS) is 12.4. The van der Waals surface area contributed by atoms with E-state index in [9.17, 15) is 5.11 Å². The Kier molecular flexibility index (Phi) is 12.2. The van der Waals surface area contributed by atoms with E-state index in [1.807, 2.05) is 23.9 Å². The van der Waals surface area contributed by atoms with Crippen molar-refractivity contribution < 1.29 is 5.11 Å². The molecule has 1 aromatic carbocycles. The molecule has 0 amide bonds. The highest BCUT2D eigenvalue weighted by Crippen LogP contribution is 2.28. The van der Waals surface area contributed by atoms with Crippen LogP contribution >= 0.6 is 11.8 Å². The van der Waals surface area contributed by atoms with Gasteiger partial charge in [-0.05, 0) is 43.0 Å². The Balaban J connectivity index is 2.31. The molecule has 0 aliphatic carbocycles. The van der Waals surface area contributed by atoms with Crippen molar-refractivity contribution in [3.63, 3.8) is 0 Å². The van der Waals surface area contributed by atoms with Gasteiger partial charge in [-0.25, -0.2) is 0 Å². The van der Waals surface area contributed by atoms with Crippen LogP contribution in [-0.2, 0) is 0 Å². The molecule has 0 saturated carbocycles. The Hall–Kier alpha value is -0.630. The standard InChI is InChI=1S/C21H36OS/c1-3-5-7-9-11-13-19(12-10-8-6-4-2)18-23-21-16-14-20(22)15-17-21/h14-17,19,22H,3-13,18H2,1-2H3. The third-order valence-corrected chi connectivity index (χ3v) is 5.75. The predicted molar refractivity (Wildman–Crippen MR) is 104 cm³/mol. The maximum atomic E-state index is 9.38. The van der Waals surface area contributed by atoms with Gasteiger partial charge in [-0.2, -0.15) is 0 Å². The van der Waals surface area contributed by atoms with Crippen molar-refractivity contribution in [3.8, 4) is 5.75 Å². The topological polar surface area (TPSA) is 20.2 Å². The molecule has 0 fully saturated rings. The van der Waals surface area contributed by atoms with Crippen LogP contribution in [0, 0.1) is 5.92 Å². The molecule has 0 aliphatic rings. The van der Waals surface area contributed by atoms with Crippen molar-refractivity contribution in [2.75, 3.05) is 5.75 Å². The van der Waals surface area contributed by atoms with Gasteiger partial charge in [0.15, 0.2) is 0 Å². The van der Waals surface area contributed by atoms with Crippen LogP contribution < -0.4 is 0 Å². The molecule has 1 nitrogen and oxygen atoms in total. The maximum absolute atomic E-state index is 9.38. The molecule has 1 unspecified atom stereocenters. The first-order valence-electron chi connectivity index (χ1n) is 9.68. The summed E-state index contributed by atoms with van der Waals surface area (Å²) in [6, 6.07) is 7.66. The van der Waals surface area contributed by atoms with E-state index in [1.165, 1.54) is 81.3 Å². The fraction of sp³-hybridized carbons (Fsp3) is 0.714. The molecule has 1 aromatic rings. The van der Waals surface area contributed by atoms with E-state index in [-0.39, 0.29) is 0 Å². The van der Waals surface area contributed by atoms with E-state index in [0.29, 0.717) is 5.75 Å². The molecule has 0 heterocycles. The Labute approximate surface area is 148 Å². The molecule has 1 N–H and O–H groups in total. The van der Waals surface area contributed by atoms with Gasteiger partial charge in [0.2, 0.25) is 0 Å². The van der Waals surface area contributed by atoms with Crippen LogP contribution in [0.3, 0.4) is 0 Å². The van der Waals surface area contributed by atoms with E-state index < -0.39 is 0 Å². The summed E-state index contributed by atoms with van der Waals surface area (Å²) < 4.78 is 0. The van der Waals surface area contributed by atoms with Crippen molar-refractivity contribution in [1.29, 1.82) is 0 Å². The smallest absolute Gasteiger partial charge is 0.115 e. The fourth-order valence-electron chi connectivity index (χ4n) is 2.96. The Morgan fingerprint density at radius 2 is 1.30 bits per heavy atom. The van der Waals surface area contributed by atoms with Crippen molar-refractivity contribution in [1.82, 2.24) is 0 Å². The average Bonchev–Trinajstić information content (AvgIpc) is 2.57. The van der Waals surface area contributed by atoms with Gasteiger partial charge in [0.1, 0.15) is 5.75 Å². The van der Waals surface area contributed by atoms with Crippen LogP contribution in [0.2, 0.25) is 0 Å². The molecule has 2 heteroatoms. The van der Waals surface area contributed by atoms with Gasteiger partial charge in [0.25, 0.3) is 0 Å². The number of unbranched alkanes of at least 4 members (excludes halogenated alkanes) is 7. The number of benzene rings is 1. The van der Waals surface area contributed by atoms with Gasteiger partial charge in [-0.3, -0.25) is 0 Å². The molecule has 0 spiro atoms. The number of rotatable bonds is 14. The quantitative estimate of drug-likeness (QED) is 0.281. The average molecular weight is 337 g/mol. The zero-order valence-corrected chi connectivity index (χ0v) is 16.0. The number of phenols is 1. The Bertz CT molecular complexity index is 374. The van der Waals surface area contributed by atoms with Crippen LogP contribution in [-0.4, -0.2) is 10.9 Å². The zero-order valence-electron chi connectivity index (χ0n) is 15.2. The summed E-state index contributed by atoms with van der Waals surface area (Å²) in [6.45, 7) is 4.57. The lowest BCUT2D eigenvalue weighted by Crippen LogP contribution is -2.04. The maximum Gasteiger partial charge on any atom is 0.115 e. The first-order chi connectivity index (χ1) is 11.3. The molecule has 1 atom stereocenters. The number of aromatic hydroxyl groups is 1. The monoisotopic (exact) mass is 336 g/mol. The highest BCUT2D eigenvalue weighted by Gasteiger charge is 2.09. The predicted octanol–water partition coefficient (Wildman–Crippen LogP) is 7.43. The third kappa shape index (κ3) is 10.7. The molecule has 0 aliphatic heterocycles. The van der Waals surface area contributed by atoms with Gasteiger partial charge in [0, 0.05) is 10.6 Å². The summed E-state index contributed by atoms with van der Waals surface area (Å²) in [7, 11) is 0. The number of phenolic OH excluding ortho intramolecular Hbond substituents is 1. The number of thioether (sulfide) groups is 1. The summed E-state index contributed by atoms with van der Waals surface area (Å²) in [5, 5.41) is 9.38. The molecular weight excluding hydrogens is 300 g/mol. The first kappa shape index (κ1) is 20.4. The minimum absolute atomic E-state index is 0.362. The molecule has 0 saturated heterocycles. The van der Waals surface area contributed by atoms with Gasteiger partial charge in [-0.1, -0.05) is 71.6 Å². The van der Waals surface area contributed by atoms with Crippen molar-refractivity contribution >= 4 is 11.8 Å². The highest BCUT2D eigenvalue weighted by atomic mass is 32.2. The highest BCUT2D eigenvalue weighted by molar-refractivity contribution is 7.99. The van der Waals surface area contributed by atoms with E-state index in [2.05, 4.69) is 13.8 Å². The lowest BCUT2D eigenvalue weighted by molar-refractivity contribution is 0.441. The Morgan fingerprint density at radius 3 is 1.87 bits per heavy atom. The molecule has 23 heavy (non-hydrogen) atoms. The summed E-state index contributed by atoms with van der Waals surface area (Å²) in [4.78, 5) is 1.28.